The zero-order valence-electron chi connectivity index (χ0n) is 10.8. The summed E-state index contributed by atoms with van der Waals surface area (Å²) in [5, 5.41) is 10.9. The van der Waals surface area contributed by atoms with E-state index in [1.165, 1.54) is 11.3 Å². The molecule has 4 heteroatoms. The van der Waals surface area contributed by atoms with Gasteiger partial charge in [-0.3, -0.25) is 4.79 Å². The summed E-state index contributed by atoms with van der Waals surface area (Å²) in [6.07, 6.45) is 3.24. The maximum Gasteiger partial charge on any atom is 0.303 e. The lowest BCUT2D eigenvalue weighted by Gasteiger charge is -2.22. The van der Waals surface area contributed by atoms with Crippen LogP contribution >= 0.6 is 11.6 Å². The molecule has 1 N–H and O–H groups in total. The molecule has 0 aliphatic heterocycles. The van der Waals surface area contributed by atoms with Crippen molar-refractivity contribution in [3.05, 3.63) is 34.5 Å². The molecule has 0 amide bonds. The third-order valence-electron chi connectivity index (χ3n) is 4.12. The van der Waals surface area contributed by atoms with Gasteiger partial charge in [0.25, 0.3) is 0 Å². The number of carboxylic acid groups (broad SMARTS) is 1. The van der Waals surface area contributed by atoms with Crippen LogP contribution in [-0.4, -0.2) is 15.6 Å². The first-order chi connectivity index (χ1) is 9.08. The van der Waals surface area contributed by atoms with Crippen molar-refractivity contribution in [2.24, 2.45) is 7.05 Å². The molecule has 0 saturated heterocycles. The minimum Gasteiger partial charge on any atom is -0.481 e. The average molecular weight is 278 g/mol. The second-order valence-corrected chi connectivity index (χ2v) is 5.70. The van der Waals surface area contributed by atoms with Gasteiger partial charge in [0.15, 0.2) is 0 Å². The molecule has 3 nitrogen and oxygen atoms in total. The molecule has 0 fully saturated rings. The molecule has 100 valence electrons. The Labute approximate surface area is 116 Å². The normalized spacial score (nSPS) is 18.5. The van der Waals surface area contributed by atoms with E-state index >= 15 is 0 Å². The predicted molar refractivity (Wildman–Crippen MR) is 75.9 cm³/mol. The number of carbonyl (C=O) groups is 1. The number of hydrogen-bond acceptors (Lipinski definition) is 1. The van der Waals surface area contributed by atoms with Crippen LogP contribution in [0.15, 0.2) is 18.2 Å². The van der Waals surface area contributed by atoms with Gasteiger partial charge in [-0.1, -0.05) is 11.6 Å². The molecule has 0 saturated carbocycles. The van der Waals surface area contributed by atoms with Crippen LogP contribution in [0, 0.1) is 0 Å². The summed E-state index contributed by atoms with van der Waals surface area (Å²) < 4.78 is 2.19. The van der Waals surface area contributed by atoms with Gasteiger partial charge in [0, 0.05) is 28.7 Å². The first kappa shape index (κ1) is 12.5. The second-order valence-electron chi connectivity index (χ2n) is 5.27. The molecule has 1 unspecified atom stereocenters. The highest BCUT2D eigenvalue weighted by molar-refractivity contribution is 6.31. The minimum absolute atomic E-state index is 0.114. The molecule has 3 rings (SSSR count). The SMILES string of the molecule is Cn1c2c(c3cc(Cl)ccc31)C(CC(=O)O)CCC2. The van der Waals surface area contributed by atoms with Crippen molar-refractivity contribution in [1.82, 2.24) is 4.57 Å². The van der Waals surface area contributed by atoms with E-state index in [2.05, 4.69) is 11.6 Å². The number of halogens is 1. The van der Waals surface area contributed by atoms with E-state index < -0.39 is 5.97 Å². The van der Waals surface area contributed by atoms with Gasteiger partial charge in [-0.15, -0.1) is 0 Å². The van der Waals surface area contributed by atoms with Crippen molar-refractivity contribution in [3.8, 4) is 0 Å². The summed E-state index contributed by atoms with van der Waals surface area (Å²) in [5.74, 6) is -0.611. The van der Waals surface area contributed by atoms with Gasteiger partial charge in [0.05, 0.1) is 6.42 Å². The lowest BCUT2D eigenvalue weighted by molar-refractivity contribution is -0.137. The van der Waals surface area contributed by atoms with Crippen LogP contribution in [0.3, 0.4) is 0 Å². The van der Waals surface area contributed by atoms with Gasteiger partial charge in [-0.2, -0.15) is 0 Å². The smallest absolute Gasteiger partial charge is 0.303 e. The molecule has 1 aliphatic rings. The Kier molecular flexibility index (Phi) is 3.02. The molecule has 1 aromatic heterocycles. The third-order valence-corrected chi connectivity index (χ3v) is 4.36. The predicted octanol–water partition coefficient (Wildman–Crippen LogP) is 3.73. The van der Waals surface area contributed by atoms with Gasteiger partial charge in [-0.05, 0) is 48.9 Å². The zero-order chi connectivity index (χ0) is 13.6. The van der Waals surface area contributed by atoms with Crippen molar-refractivity contribution in [2.45, 2.75) is 31.6 Å². The number of rotatable bonds is 2. The van der Waals surface area contributed by atoms with E-state index in [0.717, 1.165) is 30.2 Å². The Balaban J connectivity index is 2.23. The first-order valence-corrected chi connectivity index (χ1v) is 6.94. The standard InChI is InChI=1S/C15H16ClNO2/c1-17-12-6-5-10(16)8-11(12)15-9(7-14(18)19)3-2-4-13(15)17/h5-6,8-9H,2-4,7H2,1H3,(H,18,19). The number of fused-ring (bicyclic) bond motifs is 3. The first-order valence-electron chi connectivity index (χ1n) is 6.56. The monoisotopic (exact) mass is 277 g/mol. The molecule has 0 bridgehead atoms. The summed E-state index contributed by atoms with van der Waals surface area (Å²) in [6.45, 7) is 0. The maximum atomic E-state index is 11.1. The summed E-state index contributed by atoms with van der Waals surface area (Å²) in [4.78, 5) is 11.1. The van der Waals surface area contributed by atoms with Crippen LogP contribution in [0.4, 0.5) is 0 Å². The fraction of sp³-hybridized carbons (Fsp3) is 0.400. The molecule has 0 spiro atoms. The number of carboxylic acids is 1. The van der Waals surface area contributed by atoms with Crippen LogP contribution in [0.25, 0.3) is 10.9 Å². The topological polar surface area (TPSA) is 42.2 Å². The number of hydrogen-bond donors (Lipinski definition) is 1. The number of benzene rings is 1. The molecule has 19 heavy (non-hydrogen) atoms. The Hall–Kier alpha value is -1.48. The maximum absolute atomic E-state index is 11.1. The van der Waals surface area contributed by atoms with E-state index in [1.807, 2.05) is 18.2 Å². The Bertz CT molecular complexity index is 660. The molecular formula is C15H16ClNO2. The van der Waals surface area contributed by atoms with Crippen LogP contribution in [-0.2, 0) is 18.3 Å². The highest BCUT2D eigenvalue weighted by Gasteiger charge is 2.27. The van der Waals surface area contributed by atoms with Crippen LogP contribution in [0.5, 0.6) is 0 Å². The van der Waals surface area contributed by atoms with Crippen molar-refractivity contribution in [3.63, 3.8) is 0 Å². The van der Waals surface area contributed by atoms with Crippen molar-refractivity contribution < 1.29 is 9.90 Å². The summed E-state index contributed by atoms with van der Waals surface area (Å²) in [5.41, 5.74) is 3.62. The third kappa shape index (κ3) is 2.02. The number of aliphatic carboxylic acids is 1. The molecule has 1 heterocycles. The van der Waals surface area contributed by atoms with E-state index in [9.17, 15) is 4.79 Å². The molecule has 1 atom stereocenters. The van der Waals surface area contributed by atoms with E-state index in [-0.39, 0.29) is 12.3 Å². The van der Waals surface area contributed by atoms with Crippen LogP contribution in [0.2, 0.25) is 5.02 Å². The van der Waals surface area contributed by atoms with Gasteiger partial charge in [0.1, 0.15) is 0 Å². The largest absolute Gasteiger partial charge is 0.481 e. The summed E-state index contributed by atoms with van der Waals surface area (Å²) >= 11 is 6.10. The van der Waals surface area contributed by atoms with E-state index in [1.54, 1.807) is 0 Å². The molecule has 2 aromatic rings. The highest BCUT2D eigenvalue weighted by atomic mass is 35.5. The van der Waals surface area contributed by atoms with Crippen molar-refractivity contribution >= 4 is 28.5 Å². The van der Waals surface area contributed by atoms with Gasteiger partial charge >= 0.3 is 5.97 Å². The van der Waals surface area contributed by atoms with E-state index in [4.69, 9.17) is 16.7 Å². The van der Waals surface area contributed by atoms with Crippen molar-refractivity contribution in [2.75, 3.05) is 0 Å². The molecule has 1 aliphatic carbocycles. The quantitative estimate of drug-likeness (QED) is 0.909. The Morgan fingerprint density at radius 1 is 1.53 bits per heavy atom. The van der Waals surface area contributed by atoms with Crippen LogP contribution in [0.1, 0.15) is 36.4 Å². The average Bonchev–Trinajstić information content (AvgIpc) is 2.63. The Morgan fingerprint density at radius 3 is 3.05 bits per heavy atom. The second kappa shape index (κ2) is 4.57. The van der Waals surface area contributed by atoms with Crippen LogP contribution < -0.4 is 0 Å². The minimum atomic E-state index is -0.725. The number of aryl methyl sites for hydroxylation is 1. The lowest BCUT2D eigenvalue weighted by Crippen LogP contribution is -2.14. The van der Waals surface area contributed by atoms with E-state index in [0.29, 0.717) is 5.02 Å². The summed E-state index contributed by atoms with van der Waals surface area (Å²) in [6, 6.07) is 5.88. The zero-order valence-corrected chi connectivity index (χ0v) is 11.6. The fourth-order valence-electron chi connectivity index (χ4n) is 3.33. The highest BCUT2D eigenvalue weighted by Crippen LogP contribution is 2.41. The molecular weight excluding hydrogens is 262 g/mol. The number of nitrogens with zero attached hydrogens (tertiary/aromatic N) is 1. The Morgan fingerprint density at radius 2 is 2.32 bits per heavy atom. The number of aromatic nitrogens is 1. The fourth-order valence-corrected chi connectivity index (χ4v) is 3.50. The molecule has 0 radical (unpaired) electrons. The van der Waals surface area contributed by atoms with Gasteiger partial charge in [0.2, 0.25) is 0 Å². The van der Waals surface area contributed by atoms with Gasteiger partial charge in [-0.25, -0.2) is 0 Å². The summed E-state index contributed by atoms with van der Waals surface area (Å²) in [7, 11) is 2.05. The van der Waals surface area contributed by atoms with Gasteiger partial charge < -0.3 is 9.67 Å². The molecule has 1 aromatic carbocycles. The van der Waals surface area contributed by atoms with Crippen molar-refractivity contribution in [1.29, 1.82) is 0 Å². The lowest BCUT2D eigenvalue weighted by atomic mass is 9.83.